The van der Waals surface area contributed by atoms with Gasteiger partial charge in [0.25, 0.3) is 0 Å². The second-order valence-electron chi connectivity index (χ2n) is 3.95. The topological polar surface area (TPSA) is 66.1 Å². The molecule has 0 saturated carbocycles. The first-order valence-electron chi connectivity index (χ1n) is 6.20. The molecule has 0 radical (unpaired) electrons. The van der Waals surface area contributed by atoms with Crippen LogP contribution in [-0.4, -0.2) is 30.6 Å². The molecule has 0 aliphatic carbocycles. The van der Waals surface area contributed by atoms with Gasteiger partial charge in [0, 0.05) is 25.8 Å². The van der Waals surface area contributed by atoms with Crippen molar-refractivity contribution in [3.05, 3.63) is 22.3 Å². The molecule has 0 aromatic carbocycles. The van der Waals surface area contributed by atoms with Crippen molar-refractivity contribution in [3.8, 4) is 0 Å². The number of aromatic nitrogens is 1. The number of halogens is 2. The number of nitrogens with one attached hydrogen (secondary N) is 3. The third-order valence-electron chi connectivity index (χ3n) is 2.33. The second-order valence-corrected chi connectivity index (χ2v) is 4.79. The molecule has 19 heavy (non-hydrogen) atoms. The van der Waals surface area contributed by atoms with E-state index in [4.69, 9.17) is 23.2 Å². The zero-order valence-corrected chi connectivity index (χ0v) is 12.3. The van der Waals surface area contributed by atoms with Gasteiger partial charge in [-0.15, -0.1) is 0 Å². The van der Waals surface area contributed by atoms with E-state index in [1.165, 1.54) is 6.20 Å². The van der Waals surface area contributed by atoms with E-state index in [0.717, 1.165) is 12.8 Å². The highest BCUT2D eigenvalue weighted by Crippen LogP contribution is 2.21. The summed E-state index contributed by atoms with van der Waals surface area (Å²) in [4.78, 5) is 15.4. The van der Waals surface area contributed by atoms with Crippen molar-refractivity contribution < 1.29 is 4.79 Å². The SMILES string of the molecule is CCCCNC(=O)NCCNc1ncc(Cl)cc1Cl. The fourth-order valence-electron chi connectivity index (χ4n) is 1.34. The van der Waals surface area contributed by atoms with E-state index in [1.807, 2.05) is 0 Å². The smallest absolute Gasteiger partial charge is 0.314 e. The number of hydrogen-bond donors (Lipinski definition) is 3. The van der Waals surface area contributed by atoms with E-state index in [1.54, 1.807) is 6.07 Å². The van der Waals surface area contributed by atoms with Crippen molar-refractivity contribution >= 4 is 35.1 Å². The molecule has 0 unspecified atom stereocenters. The Morgan fingerprint density at radius 1 is 1.26 bits per heavy atom. The Balaban J connectivity index is 2.18. The molecule has 0 atom stereocenters. The lowest BCUT2D eigenvalue weighted by atomic mass is 10.3. The van der Waals surface area contributed by atoms with Crippen LogP contribution in [0.1, 0.15) is 19.8 Å². The number of unbranched alkanes of at least 4 members (excludes halogenated alkanes) is 1. The molecule has 0 saturated heterocycles. The van der Waals surface area contributed by atoms with Crippen LogP contribution in [-0.2, 0) is 0 Å². The van der Waals surface area contributed by atoms with Gasteiger partial charge in [-0.2, -0.15) is 0 Å². The summed E-state index contributed by atoms with van der Waals surface area (Å²) in [5.41, 5.74) is 0. The standard InChI is InChI=1S/C12H18Cl2N4O/c1-2-3-4-16-12(19)17-6-5-15-11-10(14)7-9(13)8-18-11/h7-8H,2-6H2,1H3,(H,15,18)(H2,16,17,19). The van der Waals surface area contributed by atoms with Crippen LogP contribution in [0.25, 0.3) is 0 Å². The van der Waals surface area contributed by atoms with E-state index in [2.05, 4.69) is 27.9 Å². The fraction of sp³-hybridized carbons (Fsp3) is 0.500. The largest absolute Gasteiger partial charge is 0.367 e. The summed E-state index contributed by atoms with van der Waals surface area (Å²) < 4.78 is 0. The second kappa shape index (κ2) is 8.82. The number of pyridine rings is 1. The summed E-state index contributed by atoms with van der Waals surface area (Å²) in [6.07, 6.45) is 3.55. The van der Waals surface area contributed by atoms with Gasteiger partial charge in [-0.25, -0.2) is 9.78 Å². The van der Waals surface area contributed by atoms with Gasteiger partial charge < -0.3 is 16.0 Å². The summed E-state index contributed by atoms with van der Waals surface area (Å²) >= 11 is 11.7. The highest BCUT2D eigenvalue weighted by molar-refractivity contribution is 6.35. The molecule has 1 heterocycles. The first-order valence-corrected chi connectivity index (χ1v) is 6.95. The molecule has 1 aromatic heterocycles. The molecule has 7 heteroatoms. The Labute approximate surface area is 123 Å². The van der Waals surface area contributed by atoms with Gasteiger partial charge in [-0.3, -0.25) is 0 Å². The van der Waals surface area contributed by atoms with Crippen LogP contribution in [0, 0.1) is 0 Å². The molecule has 0 spiro atoms. The minimum atomic E-state index is -0.162. The Hall–Kier alpha value is -1.20. The van der Waals surface area contributed by atoms with Crippen LogP contribution >= 0.6 is 23.2 Å². The lowest BCUT2D eigenvalue weighted by molar-refractivity contribution is 0.241. The number of carbonyl (C=O) groups excluding carboxylic acids is 1. The van der Waals surface area contributed by atoms with E-state index in [-0.39, 0.29) is 6.03 Å². The van der Waals surface area contributed by atoms with Gasteiger partial charge in [-0.1, -0.05) is 36.5 Å². The van der Waals surface area contributed by atoms with Crippen LogP contribution in [0.5, 0.6) is 0 Å². The van der Waals surface area contributed by atoms with Crippen molar-refractivity contribution in [1.82, 2.24) is 15.6 Å². The fourth-order valence-corrected chi connectivity index (χ4v) is 1.79. The molecule has 106 valence electrons. The molecule has 5 nitrogen and oxygen atoms in total. The molecular formula is C12H18Cl2N4O. The monoisotopic (exact) mass is 304 g/mol. The molecule has 0 aliphatic rings. The zero-order valence-electron chi connectivity index (χ0n) is 10.8. The minimum Gasteiger partial charge on any atom is -0.367 e. The molecule has 1 rings (SSSR count). The van der Waals surface area contributed by atoms with E-state index < -0.39 is 0 Å². The summed E-state index contributed by atoms with van der Waals surface area (Å²) in [6, 6.07) is 1.45. The maximum atomic E-state index is 11.3. The van der Waals surface area contributed by atoms with Crippen LogP contribution in [0.3, 0.4) is 0 Å². The van der Waals surface area contributed by atoms with Crippen LogP contribution < -0.4 is 16.0 Å². The Morgan fingerprint density at radius 2 is 2.00 bits per heavy atom. The third kappa shape index (κ3) is 6.50. The van der Waals surface area contributed by atoms with Crippen molar-refractivity contribution in [3.63, 3.8) is 0 Å². The molecule has 0 aliphatic heterocycles. The number of nitrogens with zero attached hydrogens (tertiary/aromatic N) is 1. The van der Waals surface area contributed by atoms with Gasteiger partial charge >= 0.3 is 6.03 Å². The van der Waals surface area contributed by atoms with Gasteiger partial charge in [0.2, 0.25) is 0 Å². The molecule has 0 fully saturated rings. The number of carbonyl (C=O) groups is 1. The van der Waals surface area contributed by atoms with Crippen molar-refractivity contribution in [2.45, 2.75) is 19.8 Å². The van der Waals surface area contributed by atoms with Crippen molar-refractivity contribution in [2.24, 2.45) is 0 Å². The number of amides is 2. The Bertz CT molecular complexity index is 415. The number of anilines is 1. The summed E-state index contributed by atoms with van der Waals surface area (Å²) in [6.45, 7) is 3.79. The average molecular weight is 305 g/mol. The van der Waals surface area contributed by atoms with Crippen LogP contribution in [0.15, 0.2) is 12.3 Å². The maximum absolute atomic E-state index is 11.3. The van der Waals surface area contributed by atoms with E-state index in [9.17, 15) is 4.79 Å². The number of rotatable bonds is 7. The van der Waals surface area contributed by atoms with Crippen molar-refractivity contribution in [1.29, 1.82) is 0 Å². The van der Waals surface area contributed by atoms with Gasteiger partial charge in [0.15, 0.2) is 0 Å². The Kier molecular flexibility index (Phi) is 7.36. The first kappa shape index (κ1) is 15.9. The quantitative estimate of drug-likeness (QED) is 0.679. The molecule has 1 aromatic rings. The molecule has 0 bridgehead atoms. The lowest BCUT2D eigenvalue weighted by Crippen LogP contribution is -2.38. The highest BCUT2D eigenvalue weighted by Gasteiger charge is 2.02. The van der Waals surface area contributed by atoms with Crippen LogP contribution in [0.4, 0.5) is 10.6 Å². The van der Waals surface area contributed by atoms with E-state index >= 15 is 0 Å². The van der Waals surface area contributed by atoms with E-state index in [0.29, 0.717) is 35.5 Å². The molecule has 3 N–H and O–H groups in total. The average Bonchev–Trinajstić information content (AvgIpc) is 2.37. The number of hydrogen-bond acceptors (Lipinski definition) is 3. The predicted octanol–water partition coefficient (Wildman–Crippen LogP) is 2.90. The summed E-state index contributed by atoms with van der Waals surface area (Å²) in [7, 11) is 0. The molecule has 2 amide bonds. The minimum absolute atomic E-state index is 0.162. The van der Waals surface area contributed by atoms with Gasteiger partial charge in [0.05, 0.1) is 10.0 Å². The summed E-state index contributed by atoms with van der Waals surface area (Å²) in [5.74, 6) is 0.555. The van der Waals surface area contributed by atoms with Crippen molar-refractivity contribution in [2.75, 3.05) is 25.0 Å². The lowest BCUT2D eigenvalue weighted by Gasteiger charge is -2.09. The Morgan fingerprint density at radius 3 is 2.68 bits per heavy atom. The predicted molar refractivity (Wildman–Crippen MR) is 79.1 cm³/mol. The zero-order chi connectivity index (χ0) is 14.1. The van der Waals surface area contributed by atoms with Crippen LogP contribution in [0.2, 0.25) is 10.0 Å². The maximum Gasteiger partial charge on any atom is 0.314 e. The van der Waals surface area contributed by atoms with Gasteiger partial charge in [-0.05, 0) is 12.5 Å². The third-order valence-corrected chi connectivity index (χ3v) is 2.82. The van der Waals surface area contributed by atoms with Gasteiger partial charge in [0.1, 0.15) is 5.82 Å². The highest BCUT2D eigenvalue weighted by atomic mass is 35.5. The molecular weight excluding hydrogens is 287 g/mol. The number of urea groups is 1. The first-order chi connectivity index (χ1) is 9.13. The normalized spacial score (nSPS) is 10.1. The summed E-state index contributed by atoms with van der Waals surface area (Å²) in [5, 5.41) is 9.46.